The number of nitrogens with zero attached hydrogens (tertiary/aromatic N) is 5. The standard InChI is InChI=1S/C26H38N2O6S.C23H39N3O3/c1-19-13-15-22(16-14-19)35(30,31)32-18-23-27-25(34-28-23)21(17-24(29)33-26(2,3)4)12-8-11-20-9-6-5-7-10-20;1-23(2,3)28-21(27)16-19(13-9-12-18-10-5-4-6-11-18)22-24-20(25-29-22)17-26-14-7-8-15-26/h13-16,20-21H,5-12,17-18H2,1-4H3;18-19H,4-17H2,1-3H3/t21-;19-/m11/s1. The first-order valence-electron chi connectivity index (χ1n) is 24.2. The van der Waals surface area contributed by atoms with Crippen LogP contribution in [-0.2, 0) is 46.5 Å². The highest BCUT2D eigenvalue weighted by atomic mass is 32.2. The van der Waals surface area contributed by atoms with Gasteiger partial charge in [-0.15, -0.1) is 0 Å². The monoisotopic (exact) mass is 912 g/mol. The highest BCUT2D eigenvalue weighted by molar-refractivity contribution is 7.86. The molecule has 3 heterocycles. The SMILES string of the molecule is CC(C)(C)OC(=O)C[C@@H](CCCC1CCCCC1)c1nc(CN2CCCC2)no1.Cc1ccc(S(=O)(=O)OCc2noc([C@H](CCCC3CCCCC3)CC(=O)OC(C)(C)C)n2)cc1. The van der Waals surface area contributed by atoms with Gasteiger partial charge >= 0.3 is 11.9 Å². The highest BCUT2D eigenvalue weighted by Crippen LogP contribution is 2.33. The second-order valence-electron chi connectivity index (χ2n) is 20.5. The molecule has 6 rings (SSSR count). The van der Waals surface area contributed by atoms with Crippen molar-refractivity contribution in [2.75, 3.05) is 13.1 Å². The number of likely N-dealkylation sites (tertiary alicyclic amines) is 1. The van der Waals surface area contributed by atoms with E-state index >= 15 is 0 Å². The molecule has 0 amide bonds. The number of carbonyl (C=O) groups is 2. The van der Waals surface area contributed by atoms with Gasteiger partial charge in [-0.1, -0.05) is 118 Å². The maximum atomic E-state index is 12.5. The molecule has 2 aliphatic carbocycles. The van der Waals surface area contributed by atoms with Crippen LogP contribution in [0.25, 0.3) is 0 Å². The molecule has 64 heavy (non-hydrogen) atoms. The van der Waals surface area contributed by atoms with Crippen LogP contribution in [0.5, 0.6) is 0 Å². The first-order chi connectivity index (χ1) is 30.4. The summed E-state index contributed by atoms with van der Waals surface area (Å²) in [5, 5.41) is 8.10. The normalized spacial score (nSPS) is 18.0. The lowest BCUT2D eigenvalue weighted by molar-refractivity contribution is -0.156. The Balaban J connectivity index is 0.000000245. The number of hydrogen-bond donors (Lipinski definition) is 0. The van der Waals surface area contributed by atoms with E-state index in [4.69, 9.17) is 22.7 Å². The molecule has 3 aromatic rings. The van der Waals surface area contributed by atoms with Gasteiger partial charge in [0.25, 0.3) is 10.1 Å². The van der Waals surface area contributed by atoms with Crippen molar-refractivity contribution < 1.29 is 40.7 Å². The van der Waals surface area contributed by atoms with E-state index in [2.05, 4.69) is 25.2 Å². The fourth-order valence-electron chi connectivity index (χ4n) is 9.09. The molecule has 14 nitrogen and oxygen atoms in total. The number of aryl methyl sites for hydroxylation is 1. The van der Waals surface area contributed by atoms with Gasteiger partial charge in [0.1, 0.15) is 17.8 Å². The molecular formula is C49H77N5O9S. The van der Waals surface area contributed by atoms with Gasteiger partial charge in [-0.3, -0.25) is 18.7 Å². The van der Waals surface area contributed by atoms with Crippen molar-refractivity contribution in [3.8, 4) is 0 Å². The lowest BCUT2D eigenvalue weighted by Crippen LogP contribution is -2.25. The highest BCUT2D eigenvalue weighted by Gasteiger charge is 2.29. The van der Waals surface area contributed by atoms with Gasteiger partial charge in [-0.2, -0.15) is 18.4 Å². The molecule has 1 saturated heterocycles. The molecule has 3 fully saturated rings. The predicted octanol–water partition coefficient (Wildman–Crippen LogP) is 11.1. The van der Waals surface area contributed by atoms with Crippen molar-refractivity contribution in [1.82, 2.24) is 25.2 Å². The number of carbonyl (C=O) groups excluding carboxylic acids is 2. The zero-order valence-corrected chi connectivity index (χ0v) is 40.7. The van der Waals surface area contributed by atoms with Gasteiger partial charge in [0, 0.05) is 11.8 Å². The fraction of sp³-hybridized carbons (Fsp3) is 0.755. The maximum Gasteiger partial charge on any atom is 0.307 e. The van der Waals surface area contributed by atoms with E-state index in [-0.39, 0.29) is 47.5 Å². The van der Waals surface area contributed by atoms with Crippen LogP contribution in [0, 0.1) is 18.8 Å². The number of aromatic nitrogens is 4. The first-order valence-corrected chi connectivity index (χ1v) is 25.6. The Hall–Kier alpha value is -3.69. The van der Waals surface area contributed by atoms with E-state index in [1.54, 1.807) is 12.1 Å². The number of rotatable bonds is 20. The zero-order valence-electron chi connectivity index (χ0n) is 39.9. The molecule has 0 radical (unpaired) electrons. The molecular weight excluding hydrogens is 835 g/mol. The van der Waals surface area contributed by atoms with Crippen molar-refractivity contribution >= 4 is 22.1 Å². The Morgan fingerprint density at radius 2 is 1.14 bits per heavy atom. The van der Waals surface area contributed by atoms with Gasteiger partial charge in [-0.05, 0) is 111 Å². The van der Waals surface area contributed by atoms with E-state index in [9.17, 15) is 18.0 Å². The quantitative estimate of drug-likeness (QED) is 0.0772. The van der Waals surface area contributed by atoms with Crippen LogP contribution >= 0.6 is 0 Å². The van der Waals surface area contributed by atoms with Crippen molar-refractivity contribution in [1.29, 1.82) is 0 Å². The van der Waals surface area contributed by atoms with Crippen molar-refractivity contribution in [3.63, 3.8) is 0 Å². The fourth-order valence-corrected chi connectivity index (χ4v) is 9.95. The third-order valence-electron chi connectivity index (χ3n) is 12.3. The number of ether oxygens (including phenoxy) is 2. The number of benzene rings is 1. The molecule has 2 aromatic heterocycles. The van der Waals surface area contributed by atoms with Gasteiger partial charge in [0.2, 0.25) is 11.8 Å². The summed E-state index contributed by atoms with van der Waals surface area (Å²) in [6, 6.07) is 6.40. The van der Waals surface area contributed by atoms with Gasteiger partial charge in [-0.25, -0.2) is 0 Å². The lowest BCUT2D eigenvalue weighted by Gasteiger charge is -2.23. The molecule has 0 unspecified atom stereocenters. The minimum Gasteiger partial charge on any atom is -0.460 e. The molecule has 15 heteroatoms. The van der Waals surface area contributed by atoms with Crippen LogP contribution in [-0.4, -0.2) is 69.8 Å². The van der Waals surface area contributed by atoms with Crippen molar-refractivity contribution in [3.05, 3.63) is 53.3 Å². The average molecular weight is 912 g/mol. The van der Waals surface area contributed by atoms with Crippen molar-refractivity contribution in [2.24, 2.45) is 11.8 Å². The van der Waals surface area contributed by atoms with Crippen LogP contribution in [0.15, 0.2) is 38.2 Å². The summed E-state index contributed by atoms with van der Waals surface area (Å²) in [5.41, 5.74) is -0.104. The second-order valence-corrected chi connectivity index (χ2v) is 22.1. The summed E-state index contributed by atoms with van der Waals surface area (Å²) in [4.78, 5) is 36.5. The van der Waals surface area contributed by atoms with Gasteiger partial charge < -0.3 is 18.5 Å². The van der Waals surface area contributed by atoms with Crippen LogP contribution in [0.1, 0.15) is 211 Å². The first kappa shape index (κ1) is 51.3. The molecule has 1 aromatic carbocycles. The summed E-state index contributed by atoms with van der Waals surface area (Å²) in [6.07, 6.45) is 22.3. The molecule has 0 bridgehead atoms. The molecule has 358 valence electrons. The summed E-state index contributed by atoms with van der Waals surface area (Å²) in [5.74, 6) is 2.53. The lowest BCUT2D eigenvalue weighted by atomic mass is 9.84. The molecule has 0 N–H and O–H groups in total. The maximum absolute atomic E-state index is 12.5. The molecule has 2 atom stereocenters. The Labute approximate surface area is 382 Å². The Bertz CT molecular complexity index is 1950. The summed E-state index contributed by atoms with van der Waals surface area (Å²) >= 11 is 0. The summed E-state index contributed by atoms with van der Waals surface area (Å²) in [7, 11) is -3.95. The molecule has 1 aliphatic heterocycles. The number of esters is 2. The smallest absolute Gasteiger partial charge is 0.307 e. The molecule has 2 saturated carbocycles. The van der Waals surface area contributed by atoms with Crippen molar-refractivity contribution in [2.45, 2.75) is 218 Å². The van der Waals surface area contributed by atoms with E-state index < -0.39 is 21.3 Å². The minimum absolute atomic E-state index is 0.0479. The second kappa shape index (κ2) is 24.7. The van der Waals surface area contributed by atoms with E-state index in [0.717, 1.165) is 75.0 Å². The summed E-state index contributed by atoms with van der Waals surface area (Å²) < 4.78 is 52.2. The Morgan fingerprint density at radius 1 is 0.688 bits per heavy atom. The van der Waals surface area contributed by atoms with Crippen LogP contribution in [0.2, 0.25) is 0 Å². The Morgan fingerprint density at radius 3 is 1.61 bits per heavy atom. The summed E-state index contributed by atoms with van der Waals surface area (Å²) in [6.45, 7) is 15.7. The molecule has 0 spiro atoms. The Kier molecular flexibility index (Phi) is 19.8. The molecule has 3 aliphatic rings. The number of hydrogen-bond acceptors (Lipinski definition) is 14. The van der Waals surface area contributed by atoms with Crippen LogP contribution in [0.3, 0.4) is 0 Å². The average Bonchev–Trinajstić information content (AvgIpc) is 4.03. The largest absolute Gasteiger partial charge is 0.460 e. The minimum atomic E-state index is -3.95. The van der Waals surface area contributed by atoms with Crippen LogP contribution in [0.4, 0.5) is 0 Å². The van der Waals surface area contributed by atoms with Crippen LogP contribution < -0.4 is 0 Å². The predicted molar refractivity (Wildman–Crippen MR) is 244 cm³/mol. The van der Waals surface area contributed by atoms with Gasteiger partial charge in [0.15, 0.2) is 11.6 Å². The van der Waals surface area contributed by atoms with Gasteiger partial charge in [0.05, 0.1) is 24.3 Å². The third-order valence-corrected chi connectivity index (χ3v) is 13.6. The van der Waals surface area contributed by atoms with E-state index in [0.29, 0.717) is 18.2 Å². The topological polar surface area (TPSA) is 177 Å². The third kappa shape index (κ3) is 18.7. The van der Waals surface area contributed by atoms with E-state index in [1.165, 1.54) is 95.6 Å². The van der Waals surface area contributed by atoms with E-state index in [1.807, 2.05) is 48.5 Å². The zero-order chi connectivity index (χ0) is 46.2.